The smallest absolute Gasteiger partial charge is 0.264 e. The quantitative estimate of drug-likeness (QED) is 0.680. The molecule has 3 rings (SSSR count). The van der Waals surface area contributed by atoms with Gasteiger partial charge in [-0.3, -0.25) is 28.5 Å². The van der Waals surface area contributed by atoms with E-state index in [0.717, 1.165) is 6.42 Å². The van der Waals surface area contributed by atoms with E-state index in [1.165, 1.54) is 21.8 Å². The molecule has 0 aromatic carbocycles. The van der Waals surface area contributed by atoms with Crippen molar-refractivity contribution in [1.29, 1.82) is 0 Å². The molecule has 27 heavy (non-hydrogen) atoms. The highest BCUT2D eigenvalue weighted by molar-refractivity contribution is 5.78. The van der Waals surface area contributed by atoms with Gasteiger partial charge in [0.25, 0.3) is 5.56 Å². The summed E-state index contributed by atoms with van der Waals surface area (Å²) >= 11 is 0. The Labute approximate surface area is 156 Å². The van der Waals surface area contributed by atoms with Gasteiger partial charge < -0.3 is 10.2 Å². The van der Waals surface area contributed by atoms with Crippen LogP contribution in [0, 0.1) is 0 Å². The van der Waals surface area contributed by atoms with E-state index in [4.69, 9.17) is 0 Å². The van der Waals surface area contributed by atoms with E-state index in [0.29, 0.717) is 50.3 Å². The first kappa shape index (κ1) is 19.0. The molecule has 3 heterocycles. The van der Waals surface area contributed by atoms with Crippen LogP contribution in [0.3, 0.4) is 0 Å². The standard InChI is InChI=1S/C17H25N7O3/c1-3-4-18-14(25)10-22-5-7-23(8-6-22)15(26)11-24-12-19-16-13(17(24)27)9-20-21(16)2/h9,12H,3-8,10-11H2,1-2H3,(H,18,25). The van der Waals surface area contributed by atoms with Crippen molar-refractivity contribution in [3.05, 3.63) is 22.9 Å². The minimum Gasteiger partial charge on any atom is -0.355 e. The molecule has 2 amide bonds. The summed E-state index contributed by atoms with van der Waals surface area (Å²) in [5.74, 6) is -0.115. The molecule has 0 radical (unpaired) electrons. The van der Waals surface area contributed by atoms with Crippen LogP contribution in [0.4, 0.5) is 0 Å². The van der Waals surface area contributed by atoms with Gasteiger partial charge in [-0.2, -0.15) is 5.10 Å². The van der Waals surface area contributed by atoms with E-state index in [1.807, 2.05) is 11.8 Å². The molecule has 2 aromatic heterocycles. The summed E-state index contributed by atoms with van der Waals surface area (Å²) in [6.07, 6.45) is 3.76. The Balaban J connectivity index is 1.55. The van der Waals surface area contributed by atoms with Gasteiger partial charge in [-0.1, -0.05) is 6.92 Å². The second-order valence-corrected chi connectivity index (χ2v) is 6.69. The van der Waals surface area contributed by atoms with Crippen molar-refractivity contribution >= 4 is 22.8 Å². The third-order valence-electron chi connectivity index (χ3n) is 4.69. The molecule has 1 N–H and O–H groups in total. The number of aryl methyl sites for hydroxylation is 1. The van der Waals surface area contributed by atoms with Gasteiger partial charge in [0, 0.05) is 39.8 Å². The molecule has 10 heteroatoms. The Morgan fingerprint density at radius 3 is 2.63 bits per heavy atom. The monoisotopic (exact) mass is 375 g/mol. The zero-order valence-corrected chi connectivity index (χ0v) is 15.7. The van der Waals surface area contributed by atoms with Crippen LogP contribution in [0.15, 0.2) is 17.3 Å². The zero-order chi connectivity index (χ0) is 19.4. The molecule has 0 aliphatic carbocycles. The van der Waals surface area contributed by atoms with Gasteiger partial charge in [0.15, 0.2) is 5.65 Å². The van der Waals surface area contributed by atoms with Crippen molar-refractivity contribution in [1.82, 2.24) is 34.4 Å². The zero-order valence-electron chi connectivity index (χ0n) is 15.7. The molecule has 1 fully saturated rings. The fourth-order valence-electron chi connectivity index (χ4n) is 3.10. The lowest BCUT2D eigenvalue weighted by Crippen LogP contribution is -2.52. The lowest BCUT2D eigenvalue weighted by molar-refractivity contribution is -0.134. The maximum Gasteiger partial charge on any atom is 0.264 e. The van der Waals surface area contributed by atoms with Crippen molar-refractivity contribution in [2.24, 2.45) is 7.05 Å². The second kappa shape index (κ2) is 8.30. The summed E-state index contributed by atoms with van der Waals surface area (Å²) in [6, 6.07) is 0. The average molecular weight is 375 g/mol. The summed E-state index contributed by atoms with van der Waals surface area (Å²) in [5.41, 5.74) is 0.228. The van der Waals surface area contributed by atoms with Gasteiger partial charge in [-0.25, -0.2) is 4.98 Å². The first-order valence-corrected chi connectivity index (χ1v) is 9.13. The van der Waals surface area contributed by atoms with Crippen LogP contribution in [0.25, 0.3) is 11.0 Å². The number of fused-ring (bicyclic) bond motifs is 1. The third-order valence-corrected chi connectivity index (χ3v) is 4.69. The van der Waals surface area contributed by atoms with Crippen molar-refractivity contribution < 1.29 is 9.59 Å². The van der Waals surface area contributed by atoms with Crippen LogP contribution < -0.4 is 10.9 Å². The fourth-order valence-corrected chi connectivity index (χ4v) is 3.10. The molecular weight excluding hydrogens is 350 g/mol. The number of nitrogens with zero attached hydrogens (tertiary/aromatic N) is 6. The number of nitrogens with one attached hydrogen (secondary N) is 1. The normalized spacial score (nSPS) is 15.3. The predicted molar refractivity (Wildman–Crippen MR) is 99.1 cm³/mol. The molecule has 2 aromatic rings. The lowest BCUT2D eigenvalue weighted by atomic mass is 10.3. The van der Waals surface area contributed by atoms with E-state index in [2.05, 4.69) is 15.4 Å². The van der Waals surface area contributed by atoms with Gasteiger partial charge in [0.1, 0.15) is 18.3 Å². The fraction of sp³-hybridized carbons (Fsp3) is 0.588. The van der Waals surface area contributed by atoms with Crippen LogP contribution in [-0.2, 0) is 23.2 Å². The number of amides is 2. The first-order valence-electron chi connectivity index (χ1n) is 9.13. The number of rotatable bonds is 6. The first-order chi connectivity index (χ1) is 13.0. The maximum atomic E-state index is 12.6. The van der Waals surface area contributed by atoms with Crippen molar-refractivity contribution in [2.45, 2.75) is 19.9 Å². The van der Waals surface area contributed by atoms with E-state index in [1.54, 1.807) is 11.9 Å². The Kier molecular flexibility index (Phi) is 5.84. The summed E-state index contributed by atoms with van der Waals surface area (Å²) in [6.45, 7) is 5.35. The summed E-state index contributed by atoms with van der Waals surface area (Å²) in [7, 11) is 1.71. The van der Waals surface area contributed by atoms with Crippen molar-refractivity contribution in [3.8, 4) is 0 Å². The van der Waals surface area contributed by atoms with Crippen molar-refractivity contribution in [3.63, 3.8) is 0 Å². The highest BCUT2D eigenvalue weighted by Gasteiger charge is 2.23. The summed E-state index contributed by atoms with van der Waals surface area (Å²) in [4.78, 5) is 44.8. The highest BCUT2D eigenvalue weighted by Crippen LogP contribution is 2.05. The minimum atomic E-state index is -0.271. The van der Waals surface area contributed by atoms with E-state index in [-0.39, 0.29) is 23.9 Å². The van der Waals surface area contributed by atoms with Crippen LogP contribution in [0.5, 0.6) is 0 Å². The molecule has 1 aliphatic heterocycles. The minimum absolute atomic E-state index is 0.0130. The number of carbonyl (C=O) groups excluding carboxylic acids is 2. The molecular formula is C17H25N7O3. The molecule has 0 saturated carbocycles. The summed E-state index contributed by atoms with van der Waals surface area (Å²) in [5, 5.41) is 7.28. The highest BCUT2D eigenvalue weighted by atomic mass is 16.2. The Hall–Kier alpha value is -2.75. The van der Waals surface area contributed by atoms with Crippen LogP contribution in [-0.4, -0.2) is 80.2 Å². The largest absolute Gasteiger partial charge is 0.355 e. The van der Waals surface area contributed by atoms with Crippen LogP contribution in [0.1, 0.15) is 13.3 Å². The van der Waals surface area contributed by atoms with Gasteiger partial charge in [-0.05, 0) is 6.42 Å². The number of aromatic nitrogens is 4. The lowest BCUT2D eigenvalue weighted by Gasteiger charge is -2.34. The Bertz CT molecular complexity index is 880. The SMILES string of the molecule is CCCNC(=O)CN1CCN(C(=O)Cn2cnc3c(cnn3C)c2=O)CC1. The molecule has 1 saturated heterocycles. The average Bonchev–Trinajstić information content (AvgIpc) is 3.04. The Morgan fingerprint density at radius 1 is 1.19 bits per heavy atom. The van der Waals surface area contributed by atoms with Crippen molar-refractivity contribution in [2.75, 3.05) is 39.3 Å². The molecule has 146 valence electrons. The summed E-state index contributed by atoms with van der Waals surface area (Å²) < 4.78 is 2.84. The number of hydrogen-bond donors (Lipinski definition) is 1. The Morgan fingerprint density at radius 2 is 1.93 bits per heavy atom. The molecule has 0 bridgehead atoms. The number of carbonyl (C=O) groups is 2. The predicted octanol–water partition coefficient (Wildman–Crippen LogP) is -1.20. The van der Waals surface area contributed by atoms with E-state index < -0.39 is 0 Å². The molecule has 0 spiro atoms. The third kappa shape index (κ3) is 4.33. The van der Waals surface area contributed by atoms with Gasteiger partial charge in [-0.15, -0.1) is 0 Å². The van der Waals surface area contributed by atoms with Gasteiger partial charge in [0.2, 0.25) is 11.8 Å². The van der Waals surface area contributed by atoms with Gasteiger partial charge in [0.05, 0.1) is 12.7 Å². The van der Waals surface area contributed by atoms with Gasteiger partial charge >= 0.3 is 0 Å². The molecule has 0 atom stereocenters. The molecule has 10 nitrogen and oxygen atoms in total. The topological polar surface area (TPSA) is 105 Å². The maximum absolute atomic E-state index is 12.6. The number of piperazine rings is 1. The number of hydrogen-bond acceptors (Lipinski definition) is 6. The van der Waals surface area contributed by atoms with Crippen LogP contribution in [0.2, 0.25) is 0 Å². The van der Waals surface area contributed by atoms with E-state index >= 15 is 0 Å². The van der Waals surface area contributed by atoms with Crippen LogP contribution >= 0.6 is 0 Å². The van der Waals surface area contributed by atoms with E-state index in [9.17, 15) is 14.4 Å². The second-order valence-electron chi connectivity index (χ2n) is 6.69. The molecule has 0 unspecified atom stereocenters. The molecule has 1 aliphatic rings.